The zero-order valence-corrected chi connectivity index (χ0v) is 13.2. The van der Waals surface area contributed by atoms with Gasteiger partial charge in [-0.05, 0) is 17.2 Å². The Hall–Kier alpha value is -2.98. The van der Waals surface area contributed by atoms with Crippen molar-refractivity contribution in [2.75, 3.05) is 0 Å². The van der Waals surface area contributed by atoms with Crippen molar-refractivity contribution in [1.82, 2.24) is 0 Å². The summed E-state index contributed by atoms with van der Waals surface area (Å²) in [6, 6.07) is 20.8. The topological polar surface area (TPSA) is 60.2 Å². The van der Waals surface area contributed by atoms with Gasteiger partial charge in [0.05, 0.1) is 9.95 Å². The van der Waals surface area contributed by atoms with E-state index in [0.717, 1.165) is 11.1 Å². The van der Waals surface area contributed by atoms with Crippen LogP contribution in [0.3, 0.4) is 0 Å². The summed E-state index contributed by atoms with van der Waals surface area (Å²) in [6.45, 7) is 0. The molecule has 0 spiro atoms. The molecule has 5 heteroatoms. The summed E-state index contributed by atoms with van der Waals surface area (Å²) in [4.78, 5) is 22.7. The second-order valence-corrected chi connectivity index (χ2v) is 5.60. The molecule has 4 nitrogen and oxygen atoms in total. The summed E-state index contributed by atoms with van der Waals surface area (Å²) in [6.07, 6.45) is 0. The van der Waals surface area contributed by atoms with Gasteiger partial charge in [0.1, 0.15) is 0 Å². The number of hydrogen-bond acceptors (Lipinski definition) is 3. The molecular weight excluding hydrogens is 326 g/mol. The fraction of sp³-hybridized carbons (Fsp3) is 0. The van der Waals surface area contributed by atoms with Crippen LogP contribution >= 0.6 is 11.6 Å². The van der Waals surface area contributed by atoms with Crippen LogP contribution in [0.5, 0.6) is 0 Å². The van der Waals surface area contributed by atoms with Crippen molar-refractivity contribution in [3.05, 3.63) is 99.1 Å². The smallest absolute Gasteiger partial charge is 0.270 e. The second-order valence-electron chi connectivity index (χ2n) is 5.19. The van der Waals surface area contributed by atoms with E-state index in [2.05, 4.69) is 0 Å². The standard InChI is InChI=1S/C19H12ClNO3/c20-18-12-16(21(23)24)10-11-17(18)19(22)15-8-6-14(7-9-15)13-4-2-1-3-5-13/h1-12H. The van der Waals surface area contributed by atoms with Crippen molar-refractivity contribution < 1.29 is 9.72 Å². The van der Waals surface area contributed by atoms with Crippen LogP contribution in [0, 0.1) is 10.1 Å². The molecule has 0 radical (unpaired) electrons. The maximum atomic E-state index is 12.5. The molecular formula is C19H12ClNO3. The van der Waals surface area contributed by atoms with E-state index in [1.54, 1.807) is 12.1 Å². The molecule has 0 heterocycles. The Morgan fingerprint density at radius 1 is 0.875 bits per heavy atom. The number of halogens is 1. The summed E-state index contributed by atoms with van der Waals surface area (Å²) >= 11 is 6.02. The minimum atomic E-state index is -0.547. The predicted molar refractivity (Wildman–Crippen MR) is 93.4 cm³/mol. The average molecular weight is 338 g/mol. The van der Waals surface area contributed by atoms with Crippen LogP contribution in [0.15, 0.2) is 72.8 Å². The van der Waals surface area contributed by atoms with E-state index < -0.39 is 4.92 Å². The van der Waals surface area contributed by atoms with Crippen LogP contribution in [0.4, 0.5) is 5.69 Å². The van der Waals surface area contributed by atoms with Gasteiger partial charge in [-0.1, -0.05) is 66.2 Å². The van der Waals surface area contributed by atoms with Gasteiger partial charge in [0.15, 0.2) is 5.78 Å². The Morgan fingerprint density at radius 2 is 1.50 bits per heavy atom. The van der Waals surface area contributed by atoms with Crippen LogP contribution < -0.4 is 0 Å². The Kier molecular flexibility index (Phi) is 4.40. The summed E-state index contributed by atoms with van der Waals surface area (Å²) in [5, 5.41) is 10.8. The molecule has 0 atom stereocenters. The minimum absolute atomic E-state index is 0.0707. The van der Waals surface area contributed by atoms with Gasteiger partial charge in [-0.2, -0.15) is 0 Å². The largest absolute Gasteiger partial charge is 0.289 e. The maximum absolute atomic E-state index is 12.5. The number of hydrogen-bond donors (Lipinski definition) is 0. The molecule has 0 aliphatic heterocycles. The molecule has 24 heavy (non-hydrogen) atoms. The van der Waals surface area contributed by atoms with Gasteiger partial charge >= 0.3 is 0 Å². The molecule has 0 aliphatic carbocycles. The lowest BCUT2D eigenvalue weighted by Crippen LogP contribution is -2.02. The highest BCUT2D eigenvalue weighted by Gasteiger charge is 2.16. The van der Waals surface area contributed by atoms with Crippen LogP contribution in [0.1, 0.15) is 15.9 Å². The number of nitro groups is 1. The van der Waals surface area contributed by atoms with Gasteiger partial charge in [0.25, 0.3) is 5.69 Å². The van der Waals surface area contributed by atoms with Crippen LogP contribution in [0.2, 0.25) is 5.02 Å². The quantitative estimate of drug-likeness (QED) is 0.376. The van der Waals surface area contributed by atoms with Crippen molar-refractivity contribution in [1.29, 1.82) is 0 Å². The third kappa shape index (κ3) is 3.19. The van der Waals surface area contributed by atoms with Crippen molar-refractivity contribution >= 4 is 23.1 Å². The lowest BCUT2D eigenvalue weighted by molar-refractivity contribution is -0.384. The highest BCUT2D eigenvalue weighted by atomic mass is 35.5. The number of carbonyl (C=O) groups is 1. The number of non-ortho nitro benzene ring substituents is 1. The number of carbonyl (C=O) groups excluding carboxylic acids is 1. The number of nitro benzene ring substituents is 1. The van der Waals surface area contributed by atoms with Gasteiger partial charge in [-0.3, -0.25) is 14.9 Å². The number of rotatable bonds is 4. The highest BCUT2D eigenvalue weighted by molar-refractivity contribution is 6.35. The van der Waals surface area contributed by atoms with Crippen molar-refractivity contribution in [2.24, 2.45) is 0 Å². The zero-order valence-electron chi connectivity index (χ0n) is 12.5. The lowest BCUT2D eigenvalue weighted by atomic mass is 9.99. The van der Waals surface area contributed by atoms with E-state index in [4.69, 9.17) is 11.6 Å². The third-order valence-electron chi connectivity index (χ3n) is 3.66. The Labute approximate surface area is 143 Å². The molecule has 0 aliphatic rings. The first-order valence-electron chi connectivity index (χ1n) is 7.20. The Morgan fingerprint density at radius 3 is 2.08 bits per heavy atom. The molecule has 0 bridgehead atoms. The molecule has 3 rings (SSSR count). The van der Waals surface area contributed by atoms with Crippen LogP contribution in [-0.4, -0.2) is 10.7 Å². The predicted octanol–water partition coefficient (Wildman–Crippen LogP) is 5.15. The monoisotopic (exact) mass is 337 g/mol. The number of nitrogens with zero attached hydrogens (tertiary/aromatic N) is 1. The summed E-state index contributed by atoms with van der Waals surface area (Å²) < 4.78 is 0. The van der Waals surface area contributed by atoms with E-state index >= 15 is 0 Å². The number of ketones is 1. The molecule has 0 unspecified atom stereocenters. The van der Waals surface area contributed by atoms with Crippen LogP contribution in [-0.2, 0) is 0 Å². The first-order valence-corrected chi connectivity index (χ1v) is 7.58. The summed E-state index contributed by atoms with van der Waals surface area (Å²) in [7, 11) is 0. The van der Waals surface area contributed by atoms with E-state index in [-0.39, 0.29) is 22.1 Å². The van der Waals surface area contributed by atoms with Crippen molar-refractivity contribution in [3.8, 4) is 11.1 Å². The Bertz CT molecular complexity index is 906. The molecule has 0 N–H and O–H groups in total. The summed E-state index contributed by atoms with van der Waals surface area (Å²) in [5.74, 6) is -0.269. The van der Waals surface area contributed by atoms with Gasteiger partial charge < -0.3 is 0 Å². The third-order valence-corrected chi connectivity index (χ3v) is 3.98. The van der Waals surface area contributed by atoms with Gasteiger partial charge in [0, 0.05) is 23.3 Å². The molecule has 3 aromatic rings. The SMILES string of the molecule is O=C(c1ccc(-c2ccccc2)cc1)c1ccc([N+](=O)[O-])cc1Cl. The Balaban J connectivity index is 1.89. The fourth-order valence-electron chi connectivity index (χ4n) is 2.40. The molecule has 0 saturated carbocycles. The minimum Gasteiger partial charge on any atom is -0.289 e. The average Bonchev–Trinajstić information content (AvgIpc) is 2.62. The molecule has 0 aromatic heterocycles. The van der Waals surface area contributed by atoms with E-state index in [1.165, 1.54) is 18.2 Å². The van der Waals surface area contributed by atoms with Gasteiger partial charge in [-0.15, -0.1) is 0 Å². The zero-order chi connectivity index (χ0) is 17.1. The molecule has 0 fully saturated rings. The first kappa shape index (κ1) is 15.9. The molecule has 0 saturated heterocycles. The van der Waals surface area contributed by atoms with Gasteiger partial charge in [-0.25, -0.2) is 0 Å². The normalized spacial score (nSPS) is 10.4. The summed E-state index contributed by atoms with van der Waals surface area (Å²) in [5.41, 5.74) is 2.64. The number of benzene rings is 3. The van der Waals surface area contributed by atoms with Crippen molar-refractivity contribution in [2.45, 2.75) is 0 Å². The molecule has 3 aromatic carbocycles. The second kappa shape index (κ2) is 6.64. The fourth-order valence-corrected chi connectivity index (χ4v) is 2.66. The first-order chi connectivity index (χ1) is 11.6. The lowest BCUT2D eigenvalue weighted by Gasteiger charge is -2.06. The molecule has 0 amide bonds. The highest BCUT2D eigenvalue weighted by Crippen LogP contribution is 2.26. The van der Waals surface area contributed by atoms with E-state index in [9.17, 15) is 14.9 Å². The maximum Gasteiger partial charge on any atom is 0.270 e. The molecule has 118 valence electrons. The van der Waals surface area contributed by atoms with Crippen molar-refractivity contribution in [3.63, 3.8) is 0 Å². The van der Waals surface area contributed by atoms with E-state index in [1.807, 2.05) is 42.5 Å². The van der Waals surface area contributed by atoms with Gasteiger partial charge in [0.2, 0.25) is 0 Å². The van der Waals surface area contributed by atoms with Crippen LogP contribution in [0.25, 0.3) is 11.1 Å². The van der Waals surface area contributed by atoms with E-state index in [0.29, 0.717) is 5.56 Å².